The second-order valence-corrected chi connectivity index (χ2v) is 8.83. The predicted octanol–water partition coefficient (Wildman–Crippen LogP) is 4.24. The van der Waals surface area contributed by atoms with E-state index >= 15 is 0 Å². The topological polar surface area (TPSA) is 93.8 Å². The minimum atomic E-state index is -3.36. The fourth-order valence-corrected chi connectivity index (χ4v) is 3.92. The number of fused-ring (bicyclic) bond motifs is 1. The second-order valence-electron chi connectivity index (χ2n) is 6.81. The maximum absolute atomic E-state index is 13.4. The van der Waals surface area contributed by atoms with Crippen LogP contribution in [0.4, 0.5) is 0 Å². The van der Waals surface area contributed by atoms with Crippen LogP contribution in [0.15, 0.2) is 80.8 Å². The number of methoxy groups -OCH3 is 1. The second kappa shape index (κ2) is 7.35. The molecule has 0 atom stereocenters. The van der Waals surface area contributed by atoms with Crippen LogP contribution in [0.25, 0.3) is 33.4 Å². The SMILES string of the molecule is COc1cc(-c2c(-c3ccc(S(C)(=O)=O)cc3)oc3ccccc3c2=O)ccc1O. The van der Waals surface area contributed by atoms with Gasteiger partial charge in [0.2, 0.25) is 5.43 Å². The lowest BCUT2D eigenvalue weighted by Gasteiger charge is -2.12. The maximum Gasteiger partial charge on any atom is 0.201 e. The number of rotatable bonds is 4. The van der Waals surface area contributed by atoms with Gasteiger partial charge in [-0.2, -0.15) is 0 Å². The van der Waals surface area contributed by atoms with Crippen LogP contribution in [0.3, 0.4) is 0 Å². The summed E-state index contributed by atoms with van der Waals surface area (Å²) in [5, 5.41) is 10.3. The van der Waals surface area contributed by atoms with Crippen molar-refractivity contribution in [3.8, 4) is 33.9 Å². The van der Waals surface area contributed by atoms with Gasteiger partial charge in [-0.25, -0.2) is 8.42 Å². The molecule has 0 saturated heterocycles. The quantitative estimate of drug-likeness (QED) is 0.529. The van der Waals surface area contributed by atoms with Gasteiger partial charge in [0.05, 0.1) is 23.0 Å². The molecule has 0 fully saturated rings. The molecule has 3 aromatic carbocycles. The van der Waals surface area contributed by atoms with Gasteiger partial charge in [-0.15, -0.1) is 0 Å². The molecule has 4 aromatic rings. The summed E-state index contributed by atoms with van der Waals surface area (Å²) in [4.78, 5) is 13.5. The highest BCUT2D eigenvalue weighted by atomic mass is 32.2. The van der Waals surface area contributed by atoms with E-state index in [1.165, 1.54) is 25.3 Å². The van der Waals surface area contributed by atoms with Crippen LogP contribution in [0, 0.1) is 0 Å². The molecule has 7 heteroatoms. The van der Waals surface area contributed by atoms with Gasteiger partial charge < -0.3 is 14.3 Å². The van der Waals surface area contributed by atoms with Crippen molar-refractivity contribution in [1.29, 1.82) is 0 Å². The van der Waals surface area contributed by atoms with E-state index in [1.54, 1.807) is 48.5 Å². The van der Waals surface area contributed by atoms with Crippen molar-refractivity contribution in [2.75, 3.05) is 13.4 Å². The summed E-state index contributed by atoms with van der Waals surface area (Å²) in [6.45, 7) is 0. The van der Waals surface area contributed by atoms with Gasteiger partial charge in [0.1, 0.15) is 11.3 Å². The zero-order valence-electron chi connectivity index (χ0n) is 16.2. The average Bonchev–Trinajstić information content (AvgIpc) is 2.74. The van der Waals surface area contributed by atoms with Gasteiger partial charge in [-0.1, -0.05) is 18.2 Å². The van der Waals surface area contributed by atoms with E-state index in [1.807, 2.05) is 0 Å². The summed E-state index contributed by atoms with van der Waals surface area (Å²) < 4.78 is 34.9. The number of sulfone groups is 1. The van der Waals surface area contributed by atoms with Gasteiger partial charge in [0.25, 0.3) is 0 Å². The third-order valence-corrected chi connectivity index (χ3v) is 5.94. The van der Waals surface area contributed by atoms with Crippen molar-refractivity contribution in [1.82, 2.24) is 0 Å². The highest BCUT2D eigenvalue weighted by Crippen LogP contribution is 2.36. The zero-order chi connectivity index (χ0) is 21.5. The minimum absolute atomic E-state index is 0.0505. The van der Waals surface area contributed by atoms with E-state index in [4.69, 9.17) is 9.15 Å². The van der Waals surface area contributed by atoms with E-state index in [2.05, 4.69) is 0 Å². The number of benzene rings is 3. The largest absolute Gasteiger partial charge is 0.504 e. The van der Waals surface area contributed by atoms with Crippen LogP contribution in [0.2, 0.25) is 0 Å². The van der Waals surface area contributed by atoms with E-state index in [9.17, 15) is 18.3 Å². The van der Waals surface area contributed by atoms with Crippen LogP contribution in [-0.4, -0.2) is 26.9 Å². The molecule has 0 aliphatic carbocycles. The van der Waals surface area contributed by atoms with E-state index < -0.39 is 9.84 Å². The Morgan fingerprint density at radius 2 is 1.60 bits per heavy atom. The predicted molar refractivity (Wildman–Crippen MR) is 115 cm³/mol. The van der Waals surface area contributed by atoms with Crippen LogP contribution in [0.1, 0.15) is 0 Å². The first kappa shape index (κ1) is 19.7. The molecule has 152 valence electrons. The summed E-state index contributed by atoms with van der Waals surface area (Å²) in [6.07, 6.45) is 1.13. The Labute approximate surface area is 172 Å². The Bertz CT molecular complexity index is 1420. The fraction of sp³-hybridized carbons (Fsp3) is 0.0870. The van der Waals surface area contributed by atoms with Crippen molar-refractivity contribution in [2.24, 2.45) is 0 Å². The summed E-state index contributed by atoms with van der Waals surface area (Å²) in [6, 6.07) is 17.7. The van der Waals surface area contributed by atoms with Crippen LogP contribution in [0.5, 0.6) is 11.5 Å². The first-order valence-electron chi connectivity index (χ1n) is 9.03. The average molecular weight is 422 g/mol. The highest BCUT2D eigenvalue weighted by molar-refractivity contribution is 7.90. The number of phenolic OH excluding ortho intramolecular Hbond substituents is 1. The lowest BCUT2D eigenvalue weighted by molar-refractivity contribution is 0.373. The van der Waals surface area contributed by atoms with E-state index in [0.717, 1.165) is 6.26 Å². The van der Waals surface area contributed by atoms with Crippen LogP contribution >= 0.6 is 0 Å². The summed E-state index contributed by atoms with van der Waals surface area (Å²) in [5.41, 5.74) is 1.52. The third kappa shape index (κ3) is 3.44. The highest BCUT2D eigenvalue weighted by Gasteiger charge is 2.19. The van der Waals surface area contributed by atoms with E-state index in [-0.39, 0.29) is 21.8 Å². The van der Waals surface area contributed by atoms with Crippen molar-refractivity contribution < 1.29 is 22.7 Å². The number of para-hydroxylation sites is 1. The smallest absolute Gasteiger partial charge is 0.201 e. The molecule has 0 spiro atoms. The minimum Gasteiger partial charge on any atom is -0.504 e. The standard InChI is InChI=1S/C23H18O6S/c1-28-20-13-15(9-12-18(20)24)21-22(25)17-5-3-4-6-19(17)29-23(21)14-7-10-16(11-8-14)30(2,26)27/h3-13,24H,1-2H3. The lowest BCUT2D eigenvalue weighted by Crippen LogP contribution is -2.07. The molecular formula is C23H18O6S. The molecule has 0 amide bonds. The van der Waals surface area contributed by atoms with Crippen LogP contribution in [-0.2, 0) is 9.84 Å². The number of hydrogen-bond donors (Lipinski definition) is 1. The Hall–Kier alpha value is -3.58. The first-order chi connectivity index (χ1) is 14.3. The molecular weight excluding hydrogens is 404 g/mol. The van der Waals surface area contributed by atoms with Crippen molar-refractivity contribution in [3.63, 3.8) is 0 Å². The molecule has 0 bridgehead atoms. The number of hydrogen-bond acceptors (Lipinski definition) is 6. The molecule has 0 aliphatic rings. The third-order valence-electron chi connectivity index (χ3n) is 4.81. The fourth-order valence-electron chi connectivity index (χ4n) is 3.29. The normalized spacial score (nSPS) is 11.5. The van der Waals surface area contributed by atoms with Crippen LogP contribution < -0.4 is 10.2 Å². The number of ether oxygens (including phenoxy) is 1. The van der Waals surface area contributed by atoms with Gasteiger partial charge in [0.15, 0.2) is 21.3 Å². The molecule has 4 rings (SSSR count). The zero-order valence-corrected chi connectivity index (χ0v) is 17.1. The monoisotopic (exact) mass is 422 g/mol. The Kier molecular flexibility index (Phi) is 4.83. The molecule has 6 nitrogen and oxygen atoms in total. The maximum atomic E-state index is 13.4. The number of aromatic hydroxyl groups is 1. The molecule has 1 N–H and O–H groups in total. The molecule has 0 unspecified atom stereocenters. The summed E-state index contributed by atoms with van der Waals surface area (Å²) in [5.74, 6) is 0.468. The van der Waals surface area contributed by atoms with Gasteiger partial charge in [-0.05, 0) is 54.1 Å². The van der Waals surface area contributed by atoms with Crippen molar-refractivity contribution in [2.45, 2.75) is 4.90 Å². The molecule has 1 aromatic heterocycles. The molecule has 0 saturated carbocycles. The Balaban J connectivity index is 2.04. The van der Waals surface area contributed by atoms with Gasteiger partial charge in [0, 0.05) is 11.8 Å². The Morgan fingerprint density at radius 3 is 2.27 bits per heavy atom. The Morgan fingerprint density at radius 1 is 0.933 bits per heavy atom. The van der Waals surface area contributed by atoms with Gasteiger partial charge >= 0.3 is 0 Å². The van der Waals surface area contributed by atoms with Crippen molar-refractivity contribution >= 4 is 20.8 Å². The van der Waals surface area contributed by atoms with Crippen molar-refractivity contribution in [3.05, 3.63) is 77.0 Å². The lowest BCUT2D eigenvalue weighted by atomic mass is 9.98. The summed E-state index contributed by atoms with van der Waals surface area (Å²) in [7, 11) is -1.93. The first-order valence-corrected chi connectivity index (χ1v) is 10.9. The molecule has 0 radical (unpaired) electrons. The molecule has 30 heavy (non-hydrogen) atoms. The van der Waals surface area contributed by atoms with Gasteiger partial charge in [-0.3, -0.25) is 4.79 Å². The molecule has 0 aliphatic heterocycles. The van der Waals surface area contributed by atoms with E-state index in [0.29, 0.717) is 33.4 Å². The summed E-state index contributed by atoms with van der Waals surface area (Å²) >= 11 is 0. The number of phenols is 1. The molecule has 1 heterocycles.